The highest BCUT2D eigenvalue weighted by Gasteiger charge is 2.59. The van der Waals surface area contributed by atoms with E-state index in [1.807, 2.05) is 0 Å². The molecule has 0 saturated heterocycles. The minimum atomic E-state index is -0.209. The number of ether oxygens (including phenoxy) is 1. The second-order valence-electron chi connectivity index (χ2n) is 15.4. The third kappa shape index (κ3) is 7.30. The van der Waals surface area contributed by atoms with Crippen LogP contribution in [-0.4, -0.2) is 25.3 Å². The van der Waals surface area contributed by atoms with Crippen LogP contribution in [0.4, 0.5) is 4.79 Å². The molecule has 0 aromatic rings. The van der Waals surface area contributed by atoms with Gasteiger partial charge in [-0.15, -0.1) is 0 Å². The zero-order valence-electron chi connectivity index (χ0n) is 26.9. The number of allylic oxidation sites excluding steroid dienone is 1. The maximum Gasteiger partial charge on any atom is 0.407 e. The van der Waals surface area contributed by atoms with Crippen molar-refractivity contribution < 1.29 is 9.53 Å². The van der Waals surface area contributed by atoms with Crippen molar-refractivity contribution in [3.63, 3.8) is 0 Å². The normalized spacial score (nSPS) is 35.9. The summed E-state index contributed by atoms with van der Waals surface area (Å²) in [5.74, 6) is 5.20. The Morgan fingerprint density at radius 3 is 2.45 bits per heavy atom. The van der Waals surface area contributed by atoms with E-state index in [9.17, 15) is 4.79 Å². The Morgan fingerprint density at radius 1 is 0.950 bits per heavy atom. The van der Waals surface area contributed by atoms with Crippen LogP contribution in [0.3, 0.4) is 0 Å². The molecule has 4 nitrogen and oxygen atoms in total. The molecular formula is C36H64N2O2. The third-order valence-corrected chi connectivity index (χ3v) is 12.4. The molecule has 4 aliphatic carbocycles. The molecule has 0 bridgehead atoms. The quantitative estimate of drug-likeness (QED) is 0.165. The van der Waals surface area contributed by atoms with Gasteiger partial charge in [0.1, 0.15) is 6.10 Å². The minimum Gasteiger partial charge on any atom is -0.446 e. The molecule has 0 radical (unpaired) electrons. The number of hydrogen-bond acceptors (Lipinski definition) is 3. The second-order valence-corrected chi connectivity index (χ2v) is 15.4. The number of fused-ring (bicyclic) bond motifs is 5. The summed E-state index contributed by atoms with van der Waals surface area (Å²) in [6, 6.07) is 0. The third-order valence-electron chi connectivity index (χ3n) is 12.4. The lowest BCUT2D eigenvalue weighted by Crippen LogP contribution is -2.51. The molecule has 230 valence electrons. The van der Waals surface area contributed by atoms with E-state index < -0.39 is 0 Å². The smallest absolute Gasteiger partial charge is 0.407 e. The van der Waals surface area contributed by atoms with Crippen molar-refractivity contribution in [1.82, 2.24) is 5.32 Å². The minimum absolute atomic E-state index is 0.0449. The Balaban J connectivity index is 1.26. The highest BCUT2D eigenvalue weighted by atomic mass is 16.6. The first-order valence-electron chi connectivity index (χ1n) is 17.5. The predicted molar refractivity (Wildman–Crippen MR) is 168 cm³/mol. The van der Waals surface area contributed by atoms with Crippen LogP contribution in [0.2, 0.25) is 0 Å². The van der Waals surface area contributed by atoms with Crippen LogP contribution in [0.1, 0.15) is 144 Å². The van der Waals surface area contributed by atoms with Gasteiger partial charge in [-0.3, -0.25) is 0 Å². The van der Waals surface area contributed by atoms with Gasteiger partial charge in [0.25, 0.3) is 0 Å². The fourth-order valence-corrected chi connectivity index (χ4v) is 10.1. The number of rotatable bonds is 14. The number of nitrogens with two attached hydrogens (primary N) is 1. The van der Waals surface area contributed by atoms with Crippen LogP contribution in [0.25, 0.3) is 0 Å². The highest BCUT2D eigenvalue weighted by Crippen LogP contribution is 2.67. The monoisotopic (exact) mass is 556 g/mol. The van der Waals surface area contributed by atoms with Crippen LogP contribution in [-0.2, 0) is 4.74 Å². The Morgan fingerprint density at radius 2 is 1.70 bits per heavy atom. The first-order valence-corrected chi connectivity index (χ1v) is 17.5. The van der Waals surface area contributed by atoms with E-state index in [1.54, 1.807) is 5.57 Å². The molecule has 0 aromatic carbocycles. The first kappa shape index (κ1) is 31.9. The summed E-state index contributed by atoms with van der Waals surface area (Å²) in [7, 11) is 0. The zero-order valence-corrected chi connectivity index (χ0v) is 26.9. The molecule has 40 heavy (non-hydrogen) atoms. The fraction of sp³-hybridized carbons (Fsp3) is 0.917. The van der Waals surface area contributed by atoms with Crippen molar-refractivity contribution in [2.24, 2.45) is 52.1 Å². The lowest BCUT2D eigenvalue weighted by atomic mass is 9.47. The summed E-state index contributed by atoms with van der Waals surface area (Å²) in [4.78, 5) is 12.5. The van der Waals surface area contributed by atoms with Gasteiger partial charge < -0.3 is 15.8 Å². The van der Waals surface area contributed by atoms with Gasteiger partial charge in [-0.1, -0.05) is 91.2 Å². The van der Waals surface area contributed by atoms with E-state index in [-0.39, 0.29) is 12.2 Å². The van der Waals surface area contributed by atoms with Crippen molar-refractivity contribution >= 4 is 6.09 Å². The lowest BCUT2D eigenvalue weighted by Gasteiger charge is -2.58. The van der Waals surface area contributed by atoms with E-state index in [2.05, 4.69) is 46.0 Å². The molecule has 4 aliphatic rings. The van der Waals surface area contributed by atoms with Crippen molar-refractivity contribution in [2.45, 2.75) is 150 Å². The number of nitrogens with one attached hydrogen (secondary N) is 1. The molecule has 8 atom stereocenters. The first-order chi connectivity index (χ1) is 19.2. The summed E-state index contributed by atoms with van der Waals surface area (Å²) < 4.78 is 5.95. The molecular weight excluding hydrogens is 492 g/mol. The number of amides is 1. The van der Waals surface area contributed by atoms with Gasteiger partial charge in [0.2, 0.25) is 0 Å². The number of hydrogen-bond donors (Lipinski definition) is 2. The Kier molecular flexibility index (Phi) is 11.5. The van der Waals surface area contributed by atoms with Gasteiger partial charge >= 0.3 is 6.09 Å². The van der Waals surface area contributed by atoms with Crippen molar-refractivity contribution in [3.8, 4) is 0 Å². The molecule has 0 aromatic heterocycles. The summed E-state index contributed by atoms with van der Waals surface area (Å²) in [6.45, 7) is 14.1. The van der Waals surface area contributed by atoms with Gasteiger partial charge in [0, 0.05) is 13.0 Å². The standard InChI is InChI=1S/C36H64N2O2/c1-26(2)13-12-14-27(3)31-17-18-32-30-16-15-28-25-29(19-21-35(28,4)33(30)20-22-36(31,32)5)40-34(39)38-24-11-9-7-6-8-10-23-37/h15,26-27,29-33H,6-14,16-25,37H2,1-5H3,(H,38,39)/t27-,29+,30+,31-,32+,33+,35+,36-/m1/s1. The van der Waals surface area contributed by atoms with Crippen molar-refractivity contribution in [2.75, 3.05) is 13.1 Å². The number of carbonyl (C=O) groups is 1. The summed E-state index contributed by atoms with van der Waals surface area (Å²) in [5, 5.41) is 3.02. The van der Waals surface area contributed by atoms with Crippen LogP contribution in [0.15, 0.2) is 11.6 Å². The fourth-order valence-electron chi connectivity index (χ4n) is 10.1. The van der Waals surface area contributed by atoms with Crippen LogP contribution >= 0.6 is 0 Å². The number of alkyl carbamates (subject to hydrolysis) is 1. The van der Waals surface area contributed by atoms with Gasteiger partial charge in [0.15, 0.2) is 0 Å². The largest absolute Gasteiger partial charge is 0.446 e. The second kappa shape index (κ2) is 14.4. The molecule has 4 rings (SSSR count). The highest BCUT2D eigenvalue weighted by molar-refractivity contribution is 5.67. The molecule has 1 amide bonds. The SMILES string of the molecule is CC(C)CCC[C@@H](C)[C@H]1CC[C@H]2[C@@H]3CC=C4C[C@@H](OC(=O)NCCCCCCCCN)CC[C@]4(C)[C@H]3CC[C@]12C. The molecule has 4 heteroatoms. The molecule has 3 fully saturated rings. The Hall–Kier alpha value is -1.03. The van der Waals surface area contributed by atoms with E-state index >= 15 is 0 Å². The van der Waals surface area contributed by atoms with Crippen LogP contribution < -0.4 is 11.1 Å². The van der Waals surface area contributed by atoms with Gasteiger partial charge in [-0.05, 0) is 111 Å². The van der Waals surface area contributed by atoms with E-state index in [4.69, 9.17) is 10.5 Å². The van der Waals surface area contributed by atoms with Crippen molar-refractivity contribution in [3.05, 3.63) is 11.6 Å². The number of carbonyl (C=O) groups excluding carboxylic acids is 1. The average Bonchev–Trinajstić information content (AvgIpc) is 3.27. The Bertz CT molecular complexity index is 839. The molecule has 0 heterocycles. The van der Waals surface area contributed by atoms with Gasteiger partial charge in [-0.2, -0.15) is 0 Å². The Labute approximate surface area is 247 Å². The topological polar surface area (TPSA) is 64.3 Å². The predicted octanol–water partition coefficient (Wildman–Crippen LogP) is 9.42. The molecule has 0 spiro atoms. The van der Waals surface area contributed by atoms with Crippen LogP contribution in [0, 0.1) is 46.3 Å². The summed E-state index contributed by atoms with van der Waals surface area (Å²) in [6.07, 6.45) is 23.8. The summed E-state index contributed by atoms with van der Waals surface area (Å²) >= 11 is 0. The van der Waals surface area contributed by atoms with E-state index in [0.717, 1.165) is 74.3 Å². The van der Waals surface area contributed by atoms with E-state index in [0.29, 0.717) is 10.8 Å². The lowest BCUT2D eigenvalue weighted by molar-refractivity contribution is -0.0581. The van der Waals surface area contributed by atoms with Crippen LogP contribution in [0.5, 0.6) is 0 Å². The maximum atomic E-state index is 12.5. The van der Waals surface area contributed by atoms with E-state index in [1.165, 1.54) is 83.5 Å². The van der Waals surface area contributed by atoms with Crippen molar-refractivity contribution in [1.29, 1.82) is 0 Å². The van der Waals surface area contributed by atoms with Gasteiger partial charge in [-0.25, -0.2) is 4.79 Å². The number of unbranched alkanes of at least 4 members (excludes halogenated alkanes) is 5. The molecule has 0 unspecified atom stereocenters. The zero-order chi connectivity index (χ0) is 28.8. The molecule has 3 N–H and O–H groups in total. The van der Waals surface area contributed by atoms with Gasteiger partial charge in [0.05, 0.1) is 0 Å². The maximum absolute atomic E-state index is 12.5. The molecule has 0 aliphatic heterocycles. The average molecular weight is 557 g/mol. The summed E-state index contributed by atoms with van der Waals surface area (Å²) in [5.41, 5.74) is 8.03. The molecule has 3 saturated carbocycles.